The lowest BCUT2D eigenvalue weighted by molar-refractivity contribution is -0.384. The van der Waals surface area contributed by atoms with Crippen molar-refractivity contribution in [3.05, 3.63) is 96.8 Å². The number of benzene rings is 2. The van der Waals surface area contributed by atoms with Crippen LogP contribution >= 0.6 is 0 Å². The zero-order chi connectivity index (χ0) is 22.6. The number of rotatable bonds is 3. The number of nitro groups is 1. The number of aryl methyl sites for hydroxylation is 1. The Labute approximate surface area is 181 Å². The molecule has 9 nitrogen and oxygen atoms in total. The SMILES string of the molecule is Cn1c(=O)c2c(-c3ccccc3)n3c(c2n(C)c1=O)[C@H](c1ccc([N+](=O)[O-])cc1)OCC3. The van der Waals surface area contributed by atoms with Gasteiger partial charge in [0.15, 0.2) is 0 Å². The molecule has 9 heteroatoms. The summed E-state index contributed by atoms with van der Waals surface area (Å²) < 4.78 is 10.7. The molecule has 0 spiro atoms. The van der Waals surface area contributed by atoms with Gasteiger partial charge in [0.25, 0.3) is 11.2 Å². The van der Waals surface area contributed by atoms with Crippen LogP contribution in [-0.4, -0.2) is 25.2 Å². The minimum Gasteiger partial charge on any atom is -0.365 e. The van der Waals surface area contributed by atoms with E-state index < -0.39 is 16.7 Å². The van der Waals surface area contributed by atoms with E-state index in [0.717, 1.165) is 15.8 Å². The Bertz CT molecular complexity index is 1480. The molecule has 162 valence electrons. The number of nitrogens with zero attached hydrogens (tertiary/aromatic N) is 4. The van der Waals surface area contributed by atoms with Crippen molar-refractivity contribution in [3.8, 4) is 11.3 Å². The number of hydrogen-bond acceptors (Lipinski definition) is 5. The standard InChI is InChI=1S/C23H20N4O5/c1-24-19-17(22(28)25(2)23(24)29)18(14-6-4-3-5-7-14)26-12-13-32-21(20(19)26)15-8-10-16(11-9-15)27(30)31/h3-11,21H,12-13H2,1-2H3/t21-/m0/s1. The molecule has 0 unspecified atom stereocenters. The van der Waals surface area contributed by atoms with Gasteiger partial charge in [-0.1, -0.05) is 30.3 Å². The summed E-state index contributed by atoms with van der Waals surface area (Å²) in [5.74, 6) is 0. The van der Waals surface area contributed by atoms with E-state index in [4.69, 9.17) is 4.74 Å². The molecular formula is C23H20N4O5. The maximum absolute atomic E-state index is 13.3. The Morgan fingerprint density at radius 2 is 1.69 bits per heavy atom. The summed E-state index contributed by atoms with van der Waals surface area (Å²) in [6.07, 6.45) is -0.581. The van der Waals surface area contributed by atoms with Crippen molar-refractivity contribution in [2.24, 2.45) is 14.1 Å². The van der Waals surface area contributed by atoms with Crippen LogP contribution < -0.4 is 11.2 Å². The van der Waals surface area contributed by atoms with Gasteiger partial charge in [0.05, 0.1) is 33.8 Å². The summed E-state index contributed by atoms with van der Waals surface area (Å²) in [6.45, 7) is 0.902. The van der Waals surface area contributed by atoms with Crippen LogP contribution in [0.5, 0.6) is 0 Å². The fourth-order valence-corrected chi connectivity index (χ4v) is 4.50. The maximum Gasteiger partial charge on any atom is 0.331 e. The number of nitro benzene ring substituents is 1. The first-order chi connectivity index (χ1) is 15.4. The largest absolute Gasteiger partial charge is 0.365 e. The predicted octanol–water partition coefficient (Wildman–Crippen LogP) is 2.73. The first kappa shape index (κ1) is 20.0. The Hall–Kier alpha value is -3.98. The van der Waals surface area contributed by atoms with Crippen LogP contribution in [0, 0.1) is 10.1 Å². The number of fused-ring (bicyclic) bond motifs is 3. The van der Waals surface area contributed by atoms with Crippen LogP contribution in [0.4, 0.5) is 5.69 Å². The molecular weight excluding hydrogens is 412 g/mol. The molecule has 0 radical (unpaired) electrons. The van der Waals surface area contributed by atoms with Gasteiger partial charge in [0, 0.05) is 32.8 Å². The molecule has 0 saturated heterocycles. The van der Waals surface area contributed by atoms with E-state index in [0.29, 0.717) is 35.3 Å². The average Bonchev–Trinajstić information content (AvgIpc) is 3.17. The second kappa shape index (κ2) is 7.31. The van der Waals surface area contributed by atoms with E-state index in [2.05, 4.69) is 0 Å². The van der Waals surface area contributed by atoms with Crippen molar-refractivity contribution in [1.82, 2.24) is 13.7 Å². The molecule has 4 aromatic rings. The monoisotopic (exact) mass is 432 g/mol. The van der Waals surface area contributed by atoms with Crippen LogP contribution in [0.1, 0.15) is 17.4 Å². The molecule has 1 aliphatic heterocycles. The molecule has 2 aromatic heterocycles. The Kier molecular flexibility index (Phi) is 4.56. The zero-order valence-corrected chi connectivity index (χ0v) is 17.5. The van der Waals surface area contributed by atoms with Gasteiger partial charge < -0.3 is 9.30 Å². The second-order valence-electron chi connectivity index (χ2n) is 7.78. The van der Waals surface area contributed by atoms with E-state index in [-0.39, 0.29) is 11.2 Å². The van der Waals surface area contributed by atoms with Gasteiger partial charge in [-0.2, -0.15) is 0 Å². The highest BCUT2D eigenvalue weighted by Crippen LogP contribution is 2.40. The maximum atomic E-state index is 13.3. The highest BCUT2D eigenvalue weighted by molar-refractivity contribution is 5.96. The van der Waals surface area contributed by atoms with Crippen LogP contribution in [0.25, 0.3) is 22.2 Å². The lowest BCUT2D eigenvalue weighted by Crippen LogP contribution is -2.37. The molecule has 0 N–H and O–H groups in total. The Morgan fingerprint density at radius 3 is 2.34 bits per heavy atom. The van der Waals surface area contributed by atoms with Gasteiger partial charge in [0.2, 0.25) is 0 Å². The molecule has 3 heterocycles. The minimum atomic E-state index is -0.581. The van der Waals surface area contributed by atoms with E-state index in [1.165, 1.54) is 23.7 Å². The van der Waals surface area contributed by atoms with Crippen molar-refractivity contribution in [2.45, 2.75) is 12.6 Å². The van der Waals surface area contributed by atoms with Gasteiger partial charge >= 0.3 is 5.69 Å². The van der Waals surface area contributed by atoms with Crippen molar-refractivity contribution in [2.75, 3.05) is 6.61 Å². The third-order valence-electron chi connectivity index (χ3n) is 6.01. The topological polar surface area (TPSA) is 101 Å². The fourth-order valence-electron chi connectivity index (χ4n) is 4.50. The lowest BCUT2D eigenvalue weighted by Gasteiger charge is -2.27. The van der Waals surface area contributed by atoms with Gasteiger partial charge in [-0.15, -0.1) is 0 Å². The summed E-state index contributed by atoms with van der Waals surface area (Å²) in [5, 5.41) is 11.5. The summed E-state index contributed by atoms with van der Waals surface area (Å²) in [6, 6.07) is 15.7. The zero-order valence-electron chi connectivity index (χ0n) is 17.5. The van der Waals surface area contributed by atoms with E-state index in [1.54, 1.807) is 19.2 Å². The number of aromatic nitrogens is 3. The molecule has 0 fully saturated rings. The molecule has 32 heavy (non-hydrogen) atoms. The first-order valence-corrected chi connectivity index (χ1v) is 10.1. The summed E-state index contributed by atoms with van der Waals surface area (Å²) >= 11 is 0. The van der Waals surface area contributed by atoms with Crippen molar-refractivity contribution in [3.63, 3.8) is 0 Å². The Morgan fingerprint density at radius 1 is 1.00 bits per heavy atom. The van der Waals surface area contributed by atoms with E-state index >= 15 is 0 Å². The van der Waals surface area contributed by atoms with Crippen molar-refractivity contribution >= 4 is 16.6 Å². The third kappa shape index (κ3) is 2.82. The summed E-state index contributed by atoms with van der Waals surface area (Å²) in [7, 11) is 3.11. The quantitative estimate of drug-likeness (QED) is 0.366. The molecule has 5 rings (SSSR count). The molecule has 0 bridgehead atoms. The molecule has 0 aliphatic carbocycles. The van der Waals surface area contributed by atoms with E-state index in [9.17, 15) is 19.7 Å². The van der Waals surface area contributed by atoms with Crippen LogP contribution in [-0.2, 0) is 25.4 Å². The van der Waals surface area contributed by atoms with Crippen LogP contribution in [0.3, 0.4) is 0 Å². The molecule has 2 aromatic carbocycles. The van der Waals surface area contributed by atoms with Gasteiger partial charge in [0.1, 0.15) is 6.10 Å². The molecule has 0 saturated carbocycles. The number of non-ortho nitro benzene ring substituents is 1. The van der Waals surface area contributed by atoms with Gasteiger partial charge in [-0.3, -0.25) is 24.0 Å². The highest BCUT2D eigenvalue weighted by atomic mass is 16.6. The molecule has 1 atom stereocenters. The van der Waals surface area contributed by atoms with Crippen LogP contribution in [0.2, 0.25) is 0 Å². The van der Waals surface area contributed by atoms with Gasteiger partial charge in [-0.25, -0.2) is 4.79 Å². The highest BCUT2D eigenvalue weighted by Gasteiger charge is 2.33. The fraction of sp³-hybridized carbons (Fsp3) is 0.217. The minimum absolute atomic E-state index is 0.0176. The van der Waals surface area contributed by atoms with Gasteiger partial charge in [-0.05, 0) is 23.3 Å². The average molecular weight is 432 g/mol. The van der Waals surface area contributed by atoms with E-state index in [1.807, 2.05) is 34.9 Å². The number of hydrogen-bond donors (Lipinski definition) is 0. The third-order valence-corrected chi connectivity index (χ3v) is 6.01. The first-order valence-electron chi connectivity index (χ1n) is 10.1. The molecule has 1 aliphatic rings. The summed E-state index contributed by atoms with van der Waals surface area (Å²) in [4.78, 5) is 36.7. The van der Waals surface area contributed by atoms with Crippen molar-refractivity contribution < 1.29 is 9.66 Å². The second-order valence-corrected chi connectivity index (χ2v) is 7.78. The smallest absolute Gasteiger partial charge is 0.331 e. The number of ether oxygens (including phenoxy) is 1. The lowest BCUT2D eigenvalue weighted by atomic mass is 10.0. The summed E-state index contributed by atoms with van der Waals surface area (Å²) in [5.41, 5.74) is 2.71. The Balaban J connectivity index is 1.88. The predicted molar refractivity (Wildman–Crippen MR) is 119 cm³/mol. The molecule has 0 amide bonds. The van der Waals surface area contributed by atoms with Crippen molar-refractivity contribution in [1.29, 1.82) is 0 Å². The normalized spacial score (nSPS) is 15.6. The van der Waals surface area contributed by atoms with Crippen LogP contribution in [0.15, 0.2) is 64.2 Å².